The lowest BCUT2D eigenvalue weighted by atomic mass is 9.91. The van der Waals surface area contributed by atoms with Gasteiger partial charge in [0.15, 0.2) is 11.5 Å². The van der Waals surface area contributed by atoms with E-state index in [9.17, 15) is 14.9 Å². The first kappa shape index (κ1) is 25.6. The Morgan fingerprint density at radius 3 is 2.08 bits per heavy atom. The third kappa shape index (κ3) is 5.37. The molecule has 1 aliphatic rings. The highest BCUT2D eigenvalue weighted by Crippen LogP contribution is 2.39. The number of methoxy groups -OCH3 is 4. The van der Waals surface area contributed by atoms with Crippen LogP contribution in [0.2, 0.25) is 0 Å². The Hall–Kier alpha value is -4.47. The topological polar surface area (TPSA) is 110 Å². The fraction of sp³-hybridized carbons (Fsp3) is 0.296. The minimum Gasteiger partial charge on any atom is -0.497 e. The summed E-state index contributed by atoms with van der Waals surface area (Å²) in [5.41, 5.74) is 2.27. The zero-order valence-electron chi connectivity index (χ0n) is 21.1. The smallest absolute Gasteiger partial charge is 0.269 e. The maximum atomic E-state index is 13.8. The van der Waals surface area contributed by atoms with Gasteiger partial charge in [-0.2, -0.15) is 0 Å². The molecule has 1 aliphatic heterocycles. The molecule has 4 rings (SSSR count). The fourth-order valence-corrected chi connectivity index (χ4v) is 4.39. The average molecular weight is 509 g/mol. The maximum Gasteiger partial charge on any atom is 0.269 e. The van der Waals surface area contributed by atoms with Gasteiger partial charge >= 0.3 is 0 Å². The molecule has 1 amide bonds. The highest BCUT2D eigenvalue weighted by molar-refractivity contribution is 5.95. The van der Waals surface area contributed by atoms with Crippen molar-refractivity contribution >= 4 is 11.6 Å². The summed E-state index contributed by atoms with van der Waals surface area (Å²) < 4.78 is 27.7. The molecule has 10 nitrogen and oxygen atoms in total. The Bertz CT molecular complexity index is 1270. The molecule has 0 aliphatic carbocycles. The van der Waals surface area contributed by atoms with Crippen molar-refractivity contribution in [3.63, 3.8) is 0 Å². The van der Waals surface area contributed by atoms with E-state index in [4.69, 9.17) is 23.7 Å². The molecule has 1 heterocycles. The van der Waals surface area contributed by atoms with E-state index in [1.807, 2.05) is 12.1 Å². The number of carbonyl (C=O) groups excluding carboxylic acids is 1. The number of hydrogen-bond acceptors (Lipinski definition) is 8. The molecule has 0 radical (unpaired) electrons. The summed E-state index contributed by atoms with van der Waals surface area (Å²) in [4.78, 5) is 26.1. The van der Waals surface area contributed by atoms with E-state index in [1.165, 1.54) is 38.5 Å². The van der Waals surface area contributed by atoms with Crippen LogP contribution in [0.5, 0.6) is 28.7 Å². The summed E-state index contributed by atoms with van der Waals surface area (Å²) in [5, 5.41) is 11.0. The summed E-state index contributed by atoms with van der Waals surface area (Å²) in [7, 11) is 6.19. The van der Waals surface area contributed by atoms with Gasteiger partial charge in [-0.05, 0) is 53.9 Å². The standard InChI is InChI=1S/C27H28N2O8/c1-33-21-11-18(12-22(14-21)34-2)27(30)28-10-9-17-13-25(35-3)26(36-4)15-23(17)24(28)16-37-20-7-5-19(6-8-20)29(31)32/h5-8,11-15,24H,9-10,16H2,1-4H3. The molecule has 37 heavy (non-hydrogen) atoms. The summed E-state index contributed by atoms with van der Waals surface area (Å²) in [6.07, 6.45) is 0.608. The van der Waals surface area contributed by atoms with Crippen LogP contribution in [0.15, 0.2) is 54.6 Å². The van der Waals surface area contributed by atoms with Gasteiger partial charge in [0, 0.05) is 30.3 Å². The normalized spacial score (nSPS) is 14.4. The second-order valence-corrected chi connectivity index (χ2v) is 8.33. The Morgan fingerprint density at radius 1 is 0.892 bits per heavy atom. The molecule has 1 unspecified atom stereocenters. The number of rotatable bonds is 9. The van der Waals surface area contributed by atoms with Gasteiger partial charge in [0.25, 0.3) is 11.6 Å². The number of nitrogens with zero attached hydrogens (tertiary/aromatic N) is 2. The number of hydrogen-bond donors (Lipinski definition) is 0. The van der Waals surface area contributed by atoms with E-state index in [0.29, 0.717) is 47.3 Å². The minimum atomic E-state index is -0.469. The molecule has 0 aromatic heterocycles. The van der Waals surface area contributed by atoms with Crippen LogP contribution >= 0.6 is 0 Å². The van der Waals surface area contributed by atoms with Gasteiger partial charge in [-0.25, -0.2) is 0 Å². The molecular formula is C27H28N2O8. The van der Waals surface area contributed by atoms with Gasteiger partial charge in [0.2, 0.25) is 0 Å². The monoisotopic (exact) mass is 508 g/mol. The highest BCUT2D eigenvalue weighted by Gasteiger charge is 2.34. The number of nitro benzene ring substituents is 1. The number of amides is 1. The average Bonchev–Trinajstić information content (AvgIpc) is 2.94. The minimum absolute atomic E-state index is 0.0315. The first-order chi connectivity index (χ1) is 17.9. The van der Waals surface area contributed by atoms with Gasteiger partial charge in [-0.15, -0.1) is 0 Å². The second-order valence-electron chi connectivity index (χ2n) is 8.33. The number of fused-ring (bicyclic) bond motifs is 1. The summed E-state index contributed by atoms with van der Waals surface area (Å²) in [5.74, 6) is 2.39. The van der Waals surface area contributed by atoms with Crippen molar-refractivity contribution in [2.75, 3.05) is 41.6 Å². The predicted octanol–water partition coefficient (Wildman–Crippen LogP) is 4.45. The molecule has 194 valence electrons. The predicted molar refractivity (Wildman–Crippen MR) is 135 cm³/mol. The van der Waals surface area contributed by atoms with Crippen molar-refractivity contribution in [1.82, 2.24) is 4.90 Å². The quantitative estimate of drug-likeness (QED) is 0.308. The van der Waals surface area contributed by atoms with E-state index < -0.39 is 11.0 Å². The first-order valence-electron chi connectivity index (χ1n) is 11.5. The number of ether oxygens (including phenoxy) is 5. The van der Waals surface area contributed by atoms with Gasteiger partial charge < -0.3 is 28.6 Å². The van der Waals surface area contributed by atoms with Crippen LogP contribution in [0, 0.1) is 10.1 Å². The zero-order valence-corrected chi connectivity index (χ0v) is 21.1. The third-order valence-corrected chi connectivity index (χ3v) is 6.32. The number of carbonyl (C=O) groups is 1. The van der Waals surface area contributed by atoms with E-state index in [1.54, 1.807) is 37.3 Å². The molecule has 3 aromatic carbocycles. The molecule has 0 saturated carbocycles. The van der Waals surface area contributed by atoms with Gasteiger partial charge in [0.1, 0.15) is 23.9 Å². The van der Waals surface area contributed by atoms with Crippen LogP contribution < -0.4 is 23.7 Å². The molecule has 1 atom stereocenters. The molecular weight excluding hydrogens is 480 g/mol. The van der Waals surface area contributed by atoms with Crippen molar-refractivity contribution in [3.05, 3.63) is 81.4 Å². The molecule has 0 spiro atoms. The van der Waals surface area contributed by atoms with E-state index in [0.717, 1.165) is 11.1 Å². The molecule has 0 fully saturated rings. The molecule has 0 saturated heterocycles. The Labute approximate surface area is 214 Å². The van der Waals surface area contributed by atoms with Crippen LogP contribution in [0.1, 0.15) is 27.5 Å². The number of benzene rings is 3. The highest BCUT2D eigenvalue weighted by atomic mass is 16.6. The number of nitro groups is 1. The van der Waals surface area contributed by atoms with E-state index in [-0.39, 0.29) is 18.2 Å². The lowest BCUT2D eigenvalue weighted by molar-refractivity contribution is -0.384. The summed E-state index contributed by atoms with van der Waals surface area (Å²) in [6, 6.07) is 14.2. The molecule has 0 bridgehead atoms. The SMILES string of the molecule is COc1cc(OC)cc(C(=O)N2CCc3cc(OC)c(OC)cc3C2COc2ccc([N+](=O)[O-])cc2)c1. The molecule has 10 heteroatoms. The largest absolute Gasteiger partial charge is 0.497 e. The molecule has 3 aromatic rings. The lowest BCUT2D eigenvalue weighted by Gasteiger charge is -2.37. The fourth-order valence-electron chi connectivity index (χ4n) is 4.39. The van der Waals surface area contributed by atoms with Crippen LogP contribution in [0.4, 0.5) is 5.69 Å². The van der Waals surface area contributed by atoms with Gasteiger partial charge in [-0.1, -0.05) is 0 Å². The number of non-ortho nitro benzene ring substituents is 1. The van der Waals surface area contributed by atoms with Gasteiger partial charge in [0.05, 0.1) is 39.4 Å². The van der Waals surface area contributed by atoms with Crippen molar-refractivity contribution in [2.45, 2.75) is 12.5 Å². The van der Waals surface area contributed by atoms with Crippen LogP contribution in [0.3, 0.4) is 0 Å². The van der Waals surface area contributed by atoms with E-state index >= 15 is 0 Å². The van der Waals surface area contributed by atoms with Crippen molar-refractivity contribution in [2.24, 2.45) is 0 Å². The van der Waals surface area contributed by atoms with Crippen LogP contribution in [-0.2, 0) is 6.42 Å². The third-order valence-electron chi connectivity index (χ3n) is 6.32. The zero-order chi connectivity index (χ0) is 26.5. The van der Waals surface area contributed by atoms with Gasteiger partial charge in [-0.3, -0.25) is 14.9 Å². The maximum absolute atomic E-state index is 13.8. The Morgan fingerprint density at radius 2 is 1.51 bits per heavy atom. The Kier molecular flexibility index (Phi) is 7.66. The molecule has 0 N–H and O–H groups in total. The first-order valence-corrected chi connectivity index (χ1v) is 11.5. The van der Waals surface area contributed by atoms with Crippen LogP contribution in [-0.4, -0.2) is 57.3 Å². The second kappa shape index (κ2) is 11.1. The van der Waals surface area contributed by atoms with Crippen molar-refractivity contribution < 1.29 is 33.4 Å². The van der Waals surface area contributed by atoms with Crippen molar-refractivity contribution in [3.8, 4) is 28.7 Å². The summed E-state index contributed by atoms with van der Waals surface area (Å²) >= 11 is 0. The van der Waals surface area contributed by atoms with E-state index in [2.05, 4.69) is 0 Å². The summed E-state index contributed by atoms with van der Waals surface area (Å²) in [6.45, 7) is 0.558. The van der Waals surface area contributed by atoms with Crippen molar-refractivity contribution in [1.29, 1.82) is 0 Å². The lowest BCUT2D eigenvalue weighted by Crippen LogP contribution is -2.42. The Balaban J connectivity index is 1.71. The van der Waals surface area contributed by atoms with Crippen LogP contribution in [0.25, 0.3) is 0 Å².